The van der Waals surface area contributed by atoms with Crippen LogP contribution in [-0.2, 0) is 47.6 Å². The van der Waals surface area contributed by atoms with Crippen molar-refractivity contribution in [1.82, 2.24) is 0 Å². The minimum absolute atomic E-state index is 0.0768. The predicted molar refractivity (Wildman–Crippen MR) is 244 cm³/mol. The molecule has 0 bridgehead atoms. The fourth-order valence-corrected chi connectivity index (χ4v) is 7.06. The number of esters is 3. The number of aliphatic hydroxyl groups is 9. The van der Waals surface area contributed by atoms with Gasteiger partial charge in [-0.25, -0.2) is 14.4 Å². The highest BCUT2D eigenvalue weighted by molar-refractivity contribution is 5.90. The topological polar surface area (TPSA) is 346 Å². The first-order chi connectivity index (χ1) is 33.0. The maximum atomic E-state index is 13.0. The van der Waals surface area contributed by atoms with E-state index >= 15 is 0 Å². The quantitative estimate of drug-likeness (QED) is 0.0304. The van der Waals surface area contributed by atoms with Crippen molar-refractivity contribution in [3.05, 3.63) is 113 Å². The highest BCUT2D eigenvalue weighted by atomic mass is 16.7. The average molecular weight is 987 g/mol. The Balaban J connectivity index is 1.26. The molecule has 14 atom stereocenters. The first-order valence-electron chi connectivity index (χ1n) is 22.0. The van der Waals surface area contributed by atoms with Gasteiger partial charge in [0, 0.05) is 30.1 Å². The van der Waals surface area contributed by atoms with Gasteiger partial charge in [0.2, 0.25) is 6.29 Å². The van der Waals surface area contributed by atoms with Crippen molar-refractivity contribution in [3.63, 3.8) is 0 Å². The van der Waals surface area contributed by atoms with E-state index in [2.05, 4.69) is 0 Å². The number of aliphatic hydroxyl groups excluding tert-OH is 8. The van der Waals surface area contributed by atoms with Crippen molar-refractivity contribution in [2.75, 3.05) is 13.2 Å². The molecule has 1 saturated carbocycles. The summed E-state index contributed by atoms with van der Waals surface area (Å²) < 4.78 is 32.2. The summed E-state index contributed by atoms with van der Waals surface area (Å²) in [6.45, 7) is 6.30. The molecule has 21 heteroatoms. The number of phenols is 2. The van der Waals surface area contributed by atoms with Crippen LogP contribution in [0.5, 0.6) is 11.5 Å². The van der Waals surface area contributed by atoms with Crippen molar-refractivity contribution in [1.29, 1.82) is 0 Å². The summed E-state index contributed by atoms with van der Waals surface area (Å²) in [5.74, 6) is -4.20. The summed E-state index contributed by atoms with van der Waals surface area (Å²) in [5, 5.41) is 112. The first kappa shape index (κ1) is 56.9. The molecule has 384 valence electrons. The fraction of sp³-hybridized carbons (Fsp3) is 0.469. The van der Waals surface area contributed by atoms with E-state index < -0.39 is 141 Å². The van der Waals surface area contributed by atoms with E-state index in [4.69, 9.17) is 28.4 Å². The van der Waals surface area contributed by atoms with Gasteiger partial charge in [-0.05, 0) is 58.4 Å². The van der Waals surface area contributed by atoms with E-state index in [0.717, 1.165) is 24.1 Å². The summed E-state index contributed by atoms with van der Waals surface area (Å²) in [6, 6.07) is 3.83. The van der Waals surface area contributed by atoms with Gasteiger partial charge in [0.1, 0.15) is 72.7 Å². The number of ketones is 1. The van der Waals surface area contributed by atoms with E-state index in [-0.39, 0.29) is 16.9 Å². The van der Waals surface area contributed by atoms with Crippen LogP contribution in [0.15, 0.2) is 107 Å². The zero-order valence-electron chi connectivity index (χ0n) is 39.0. The summed E-state index contributed by atoms with van der Waals surface area (Å²) in [6.07, 6.45) is -3.16. The number of carbonyl (C=O) groups excluding carboxylic acids is 4. The van der Waals surface area contributed by atoms with Crippen LogP contribution in [0.3, 0.4) is 0 Å². The van der Waals surface area contributed by atoms with Gasteiger partial charge in [-0.2, -0.15) is 0 Å². The van der Waals surface area contributed by atoms with E-state index in [9.17, 15) is 75.3 Å². The fourth-order valence-electron chi connectivity index (χ4n) is 7.06. The van der Waals surface area contributed by atoms with E-state index in [0.29, 0.717) is 5.56 Å². The number of benzene rings is 1. The lowest BCUT2D eigenvalue weighted by atomic mass is 9.77. The van der Waals surface area contributed by atoms with Crippen LogP contribution in [0.25, 0.3) is 6.08 Å². The van der Waals surface area contributed by atoms with Gasteiger partial charge in [0.15, 0.2) is 23.6 Å². The maximum absolute atomic E-state index is 13.0. The molecule has 11 N–H and O–H groups in total. The molecule has 1 aromatic carbocycles. The molecule has 4 unspecified atom stereocenters. The molecule has 0 spiro atoms. The predicted octanol–water partition coefficient (Wildman–Crippen LogP) is 0.0305. The lowest BCUT2D eigenvalue weighted by molar-refractivity contribution is -0.326. The zero-order chi connectivity index (χ0) is 52.0. The van der Waals surface area contributed by atoms with Crippen molar-refractivity contribution in [2.45, 2.75) is 133 Å². The molecule has 0 radical (unpaired) electrons. The van der Waals surface area contributed by atoms with Gasteiger partial charge < -0.3 is 84.6 Å². The van der Waals surface area contributed by atoms with Gasteiger partial charge in [-0.1, -0.05) is 78.0 Å². The molecule has 0 amide bonds. The molecular formula is C49H62O21. The molecular weight excluding hydrogens is 925 g/mol. The van der Waals surface area contributed by atoms with Gasteiger partial charge in [0.05, 0.1) is 13.2 Å². The van der Waals surface area contributed by atoms with Crippen molar-refractivity contribution < 1.29 is 104 Å². The van der Waals surface area contributed by atoms with Crippen LogP contribution in [-0.4, -0.2) is 178 Å². The highest BCUT2D eigenvalue weighted by Crippen LogP contribution is 2.34. The first-order valence-corrected chi connectivity index (χ1v) is 22.0. The van der Waals surface area contributed by atoms with Gasteiger partial charge in [0.25, 0.3) is 0 Å². The number of rotatable bonds is 18. The molecule has 1 aromatic rings. The molecule has 1 aliphatic carbocycles. The second-order valence-electron chi connectivity index (χ2n) is 17.1. The molecule has 2 saturated heterocycles. The Morgan fingerprint density at radius 2 is 1.13 bits per heavy atom. The summed E-state index contributed by atoms with van der Waals surface area (Å²) in [4.78, 5) is 50.9. The Labute approximate surface area is 403 Å². The Kier molecular flexibility index (Phi) is 21.1. The minimum Gasteiger partial charge on any atom is -0.504 e. The Hall–Kier alpha value is -5.66. The van der Waals surface area contributed by atoms with Gasteiger partial charge in [-0.3, -0.25) is 4.79 Å². The second kappa shape index (κ2) is 26.0. The second-order valence-corrected chi connectivity index (χ2v) is 17.1. The maximum Gasteiger partial charge on any atom is 0.336 e. The summed E-state index contributed by atoms with van der Waals surface area (Å²) in [7, 11) is 0. The average Bonchev–Trinajstić information content (AvgIpc) is 3.31. The van der Waals surface area contributed by atoms with Gasteiger partial charge in [-0.15, -0.1) is 0 Å². The zero-order valence-corrected chi connectivity index (χ0v) is 39.0. The SMILES string of the molecule is CC(=O)[C@@]1(O)C[C@H](OC(=O)/C(C)=C/C=C/C(C)=C/C=C/C=C(C)/C=C/C=C(\C)C(=O)O[C@@H]2OC(CO[C@@H]3OC(CO)[C@@H](O)[C@H](O)C3O)[C@@H](O)[C@H](O)C2O)[C@H](O)[C@H](OC(=O)/C=C/c2ccc(O)c(O)c2)C1. The number of aromatic hydroxyl groups is 2. The molecule has 0 aromatic heterocycles. The van der Waals surface area contributed by atoms with Gasteiger partial charge >= 0.3 is 17.9 Å². The molecule has 4 rings (SSSR count). The lowest BCUT2D eigenvalue weighted by Crippen LogP contribution is -2.61. The number of allylic oxidation sites excluding steroid dienone is 12. The van der Waals surface area contributed by atoms with Crippen LogP contribution in [0, 0.1) is 0 Å². The third kappa shape index (κ3) is 15.7. The lowest BCUT2D eigenvalue weighted by Gasteiger charge is -2.42. The van der Waals surface area contributed by atoms with Crippen molar-refractivity contribution >= 4 is 29.8 Å². The van der Waals surface area contributed by atoms with E-state index in [1.54, 1.807) is 62.5 Å². The van der Waals surface area contributed by atoms with Crippen LogP contribution >= 0.6 is 0 Å². The normalized spacial score (nSPS) is 32.7. The molecule has 2 heterocycles. The van der Waals surface area contributed by atoms with Crippen LogP contribution in [0.2, 0.25) is 0 Å². The molecule has 2 aliphatic heterocycles. The molecule has 3 fully saturated rings. The highest BCUT2D eigenvalue weighted by Gasteiger charge is 2.51. The minimum atomic E-state index is -2.07. The summed E-state index contributed by atoms with van der Waals surface area (Å²) in [5.41, 5.74) is 0.0218. The number of carbonyl (C=O) groups is 4. The standard InChI is InChI=1S/C49H62O21/c1-25(12-8-14-27(3)45(62)67-34-22-49(64,29(5)51)21-33(38(34)55)66-37(54)19-17-30-16-18-31(52)32(53)20-30)10-6-7-11-26(2)13-9-15-28(4)46(63)70-48-44(61)42(59)40(57)36(69-48)24-65-47-43(60)41(58)39(56)35(23-50)68-47/h6-20,33-36,38-44,47-48,50,52-53,55-61,64H,21-24H2,1-5H3/b7-6+,12-8+,13-9+,19-17+,25-10+,26-11+,27-14+,28-15+/t33-,34+,35?,36?,38-,39-,40-,41+,42+,43?,44?,47-,48+,49+/m1/s1. The Morgan fingerprint density at radius 1 is 0.614 bits per heavy atom. The smallest absolute Gasteiger partial charge is 0.336 e. The van der Waals surface area contributed by atoms with Crippen LogP contribution in [0.4, 0.5) is 0 Å². The summed E-state index contributed by atoms with van der Waals surface area (Å²) >= 11 is 0. The van der Waals surface area contributed by atoms with Crippen molar-refractivity contribution in [2.24, 2.45) is 0 Å². The number of hydrogen-bond acceptors (Lipinski definition) is 21. The van der Waals surface area contributed by atoms with E-state index in [1.807, 2.05) is 0 Å². The Bertz CT molecular complexity index is 2250. The third-order valence-electron chi connectivity index (χ3n) is 11.5. The van der Waals surface area contributed by atoms with Crippen LogP contribution < -0.4 is 0 Å². The third-order valence-corrected chi connectivity index (χ3v) is 11.5. The molecule has 3 aliphatic rings. The monoisotopic (exact) mass is 986 g/mol. The molecule has 21 nitrogen and oxygen atoms in total. The number of phenolic OH excluding ortho intramolecular Hbond substituents is 2. The number of Topliss-reactive ketones (excluding diaryl/α,β-unsaturated/α-hetero) is 1. The number of ether oxygens (including phenoxy) is 6. The van der Waals surface area contributed by atoms with Crippen LogP contribution in [0.1, 0.15) is 53.0 Å². The Morgan fingerprint density at radius 3 is 1.67 bits per heavy atom. The van der Waals surface area contributed by atoms with E-state index in [1.165, 1.54) is 50.3 Å². The largest absolute Gasteiger partial charge is 0.504 e. The number of hydrogen-bond donors (Lipinski definition) is 11. The molecule has 70 heavy (non-hydrogen) atoms. The van der Waals surface area contributed by atoms with Crippen molar-refractivity contribution in [3.8, 4) is 11.5 Å².